The van der Waals surface area contributed by atoms with Crippen molar-refractivity contribution in [3.05, 3.63) is 30.1 Å². The number of nitrogens with zero attached hydrogens (tertiary/aromatic N) is 3. The van der Waals surface area contributed by atoms with Crippen LogP contribution in [0.2, 0.25) is 0 Å². The number of carbonyl (C=O) groups excluding carboxylic acids is 2. The first-order chi connectivity index (χ1) is 15.5. The molecule has 0 saturated heterocycles. The van der Waals surface area contributed by atoms with Crippen LogP contribution in [-0.2, 0) is 27.4 Å². The number of hydrogen-bond donors (Lipinski definition) is 3. The quantitative estimate of drug-likeness (QED) is 0.448. The standard InChI is InChI=1S/C23H31N5O5/c1-6-32-11-16-26-17-18(28(16)12-23(4,5)31)14-9-7-8-10-15(14)25-20(17)27-21(29)19(13(2)3)33-22(24)30/h7-10,13,19,31H,6,11-12H2,1-5H3,(H2,24,30)(H,25,27,29). The van der Waals surface area contributed by atoms with Gasteiger partial charge in [0.05, 0.1) is 23.2 Å². The van der Waals surface area contributed by atoms with E-state index in [1.54, 1.807) is 27.7 Å². The van der Waals surface area contributed by atoms with Gasteiger partial charge in [-0.05, 0) is 32.8 Å². The van der Waals surface area contributed by atoms with Crippen molar-refractivity contribution in [2.24, 2.45) is 11.7 Å². The smallest absolute Gasteiger partial charge is 0.405 e. The Morgan fingerprint density at radius 3 is 2.55 bits per heavy atom. The van der Waals surface area contributed by atoms with Gasteiger partial charge in [-0.3, -0.25) is 4.79 Å². The molecule has 33 heavy (non-hydrogen) atoms. The Kier molecular flexibility index (Phi) is 7.19. The number of para-hydroxylation sites is 1. The Balaban J connectivity index is 2.21. The fraction of sp³-hybridized carbons (Fsp3) is 0.478. The summed E-state index contributed by atoms with van der Waals surface area (Å²) < 4.78 is 12.5. The van der Waals surface area contributed by atoms with Gasteiger partial charge in [0.1, 0.15) is 17.9 Å². The summed E-state index contributed by atoms with van der Waals surface area (Å²) in [6.45, 7) is 9.78. The molecule has 0 spiro atoms. The zero-order chi connectivity index (χ0) is 24.3. The molecule has 10 heteroatoms. The second kappa shape index (κ2) is 9.72. The molecule has 0 bridgehead atoms. The van der Waals surface area contributed by atoms with E-state index in [4.69, 9.17) is 20.2 Å². The van der Waals surface area contributed by atoms with Gasteiger partial charge in [-0.25, -0.2) is 14.8 Å². The van der Waals surface area contributed by atoms with Gasteiger partial charge in [0, 0.05) is 12.0 Å². The fourth-order valence-corrected chi connectivity index (χ4v) is 3.64. The van der Waals surface area contributed by atoms with E-state index in [1.807, 2.05) is 35.8 Å². The van der Waals surface area contributed by atoms with Crippen molar-refractivity contribution in [1.82, 2.24) is 14.5 Å². The minimum atomic E-state index is -1.09. The molecule has 0 aliphatic heterocycles. The largest absolute Gasteiger partial charge is 0.436 e. The Hall–Kier alpha value is -3.24. The topological polar surface area (TPSA) is 142 Å². The maximum absolute atomic E-state index is 13.0. The Morgan fingerprint density at radius 2 is 1.94 bits per heavy atom. The molecule has 0 radical (unpaired) electrons. The minimum Gasteiger partial charge on any atom is -0.436 e. The third-order valence-electron chi connectivity index (χ3n) is 4.99. The van der Waals surface area contributed by atoms with Crippen molar-refractivity contribution in [3.63, 3.8) is 0 Å². The highest BCUT2D eigenvalue weighted by Crippen LogP contribution is 2.32. The zero-order valence-electron chi connectivity index (χ0n) is 19.6. The molecule has 178 valence electrons. The van der Waals surface area contributed by atoms with Crippen LogP contribution in [0.1, 0.15) is 40.4 Å². The lowest BCUT2D eigenvalue weighted by atomic mass is 10.1. The summed E-state index contributed by atoms with van der Waals surface area (Å²) in [5, 5.41) is 14.1. The molecule has 1 unspecified atom stereocenters. The van der Waals surface area contributed by atoms with Gasteiger partial charge < -0.3 is 30.2 Å². The number of nitrogens with two attached hydrogens (primary N) is 1. The Morgan fingerprint density at radius 1 is 1.24 bits per heavy atom. The number of pyridine rings is 1. The predicted molar refractivity (Wildman–Crippen MR) is 125 cm³/mol. The Bertz CT molecular complexity index is 1170. The molecule has 10 nitrogen and oxygen atoms in total. The highest BCUT2D eigenvalue weighted by atomic mass is 16.6. The first-order valence-electron chi connectivity index (χ1n) is 10.9. The summed E-state index contributed by atoms with van der Waals surface area (Å²) in [7, 11) is 0. The molecule has 3 rings (SSSR count). The number of ether oxygens (including phenoxy) is 2. The second-order valence-electron chi connectivity index (χ2n) is 8.83. The molecule has 2 heterocycles. The van der Waals surface area contributed by atoms with Crippen molar-refractivity contribution in [2.75, 3.05) is 11.9 Å². The highest BCUT2D eigenvalue weighted by Gasteiger charge is 2.28. The molecular formula is C23H31N5O5. The molecule has 2 amide bonds. The second-order valence-corrected chi connectivity index (χ2v) is 8.83. The molecule has 4 N–H and O–H groups in total. The summed E-state index contributed by atoms with van der Waals surface area (Å²) in [5.74, 6) is -0.0536. The number of anilines is 1. The number of imidazole rings is 1. The molecule has 0 fully saturated rings. The Labute approximate surface area is 192 Å². The number of nitrogens with one attached hydrogen (secondary N) is 1. The SMILES string of the molecule is CCOCc1nc2c(NC(=O)C(OC(N)=O)C(C)C)nc3ccccc3c2n1CC(C)(C)O. The summed E-state index contributed by atoms with van der Waals surface area (Å²) >= 11 is 0. The van der Waals surface area contributed by atoms with Crippen LogP contribution >= 0.6 is 0 Å². The number of aromatic nitrogens is 3. The van der Waals surface area contributed by atoms with Gasteiger partial charge in [-0.15, -0.1) is 0 Å². The summed E-state index contributed by atoms with van der Waals surface area (Å²) in [6.07, 6.45) is -2.12. The predicted octanol–water partition coefficient (Wildman–Crippen LogP) is 2.95. The fourth-order valence-electron chi connectivity index (χ4n) is 3.64. The van der Waals surface area contributed by atoms with E-state index in [9.17, 15) is 14.7 Å². The summed E-state index contributed by atoms with van der Waals surface area (Å²) in [6, 6.07) is 7.48. The molecule has 0 aliphatic carbocycles. The van der Waals surface area contributed by atoms with Gasteiger partial charge in [0.2, 0.25) is 0 Å². The zero-order valence-corrected chi connectivity index (χ0v) is 19.6. The van der Waals surface area contributed by atoms with Gasteiger partial charge >= 0.3 is 6.09 Å². The molecule has 1 aromatic carbocycles. The maximum atomic E-state index is 13.0. The lowest BCUT2D eigenvalue weighted by Gasteiger charge is -2.21. The van der Waals surface area contributed by atoms with Crippen LogP contribution in [0.5, 0.6) is 0 Å². The molecule has 3 aromatic rings. The van der Waals surface area contributed by atoms with Crippen LogP contribution in [0.15, 0.2) is 24.3 Å². The van der Waals surface area contributed by atoms with Crippen LogP contribution in [0.25, 0.3) is 21.9 Å². The summed E-state index contributed by atoms with van der Waals surface area (Å²) in [4.78, 5) is 33.6. The third kappa shape index (κ3) is 5.58. The molecular weight excluding hydrogens is 426 g/mol. The van der Waals surface area contributed by atoms with Gasteiger partial charge in [-0.2, -0.15) is 0 Å². The van der Waals surface area contributed by atoms with E-state index < -0.39 is 23.7 Å². The van der Waals surface area contributed by atoms with E-state index in [-0.39, 0.29) is 24.9 Å². The molecule has 0 saturated carbocycles. The van der Waals surface area contributed by atoms with E-state index >= 15 is 0 Å². The molecule has 0 aliphatic rings. The lowest BCUT2D eigenvalue weighted by molar-refractivity contribution is -0.126. The lowest BCUT2D eigenvalue weighted by Crippen LogP contribution is -2.38. The van der Waals surface area contributed by atoms with Crippen molar-refractivity contribution < 1.29 is 24.2 Å². The van der Waals surface area contributed by atoms with E-state index in [2.05, 4.69) is 10.3 Å². The number of aliphatic hydroxyl groups is 1. The van der Waals surface area contributed by atoms with Gasteiger partial charge in [-0.1, -0.05) is 32.0 Å². The van der Waals surface area contributed by atoms with Crippen LogP contribution < -0.4 is 11.1 Å². The highest BCUT2D eigenvalue weighted by molar-refractivity contribution is 6.10. The normalized spacial score (nSPS) is 12.9. The number of amides is 2. The number of carbonyl (C=O) groups is 2. The van der Waals surface area contributed by atoms with Gasteiger partial charge in [0.25, 0.3) is 5.91 Å². The maximum Gasteiger partial charge on any atom is 0.405 e. The first kappa shape index (κ1) is 24.4. The van der Waals surface area contributed by atoms with Crippen molar-refractivity contribution >= 4 is 39.8 Å². The van der Waals surface area contributed by atoms with Crippen molar-refractivity contribution in [2.45, 2.75) is 59.5 Å². The summed E-state index contributed by atoms with van der Waals surface area (Å²) in [5.41, 5.74) is 5.91. The number of rotatable bonds is 9. The monoisotopic (exact) mass is 457 g/mol. The number of hydrogen-bond acceptors (Lipinski definition) is 7. The van der Waals surface area contributed by atoms with E-state index in [0.717, 1.165) is 5.39 Å². The number of primary amides is 1. The third-order valence-corrected chi connectivity index (χ3v) is 4.99. The van der Waals surface area contributed by atoms with Crippen LogP contribution in [0.3, 0.4) is 0 Å². The average molecular weight is 458 g/mol. The average Bonchev–Trinajstić information content (AvgIpc) is 3.07. The number of fused-ring (bicyclic) bond motifs is 3. The van der Waals surface area contributed by atoms with Crippen molar-refractivity contribution in [1.29, 1.82) is 0 Å². The first-order valence-corrected chi connectivity index (χ1v) is 10.9. The van der Waals surface area contributed by atoms with Crippen molar-refractivity contribution in [3.8, 4) is 0 Å². The van der Waals surface area contributed by atoms with E-state index in [1.165, 1.54) is 0 Å². The van der Waals surface area contributed by atoms with Gasteiger partial charge in [0.15, 0.2) is 11.9 Å². The number of benzene rings is 1. The molecule has 1 atom stereocenters. The van der Waals surface area contributed by atoms with Crippen LogP contribution in [-0.4, -0.2) is 50.0 Å². The molecule has 2 aromatic heterocycles. The van der Waals surface area contributed by atoms with Crippen LogP contribution in [0.4, 0.5) is 10.6 Å². The van der Waals surface area contributed by atoms with E-state index in [0.29, 0.717) is 29.0 Å². The minimum absolute atomic E-state index is 0.222. The van der Waals surface area contributed by atoms with Crippen LogP contribution in [0, 0.1) is 5.92 Å².